The summed E-state index contributed by atoms with van der Waals surface area (Å²) in [5, 5.41) is 0.488. The van der Waals surface area contributed by atoms with Gasteiger partial charge in [0.15, 0.2) is 5.82 Å². The van der Waals surface area contributed by atoms with E-state index in [9.17, 15) is 0 Å². The Morgan fingerprint density at radius 2 is 2.15 bits per heavy atom. The van der Waals surface area contributed by atoms with Crippen LogP contribution in [0.15, 0.2) is 6.07 Å². The Kier molecular flexibility index (Phi) is 4.12. The quantitative estimate of drug-likeness (QED) is 0.700. The van der Waals surface area contributed by atoms with E-state index in [4.69, 9.17) is 16.3 Å². The van der Waals surface area contributed by atoms with Crippen molar-refractivity contribution in [2.45, 2.75) is 26.9 Å². The van der Waals surface area contributed by atoms with Gasteiger partial charge in [-0.15, -0.1) is 0 Å². The van der Waals surface area contributed by atoms with Crippen LogP contribution in [0.4, 0.5) is 0 Å². The Morgan fingerprint density at radius 1 is 1.38 bits per heavy atom. The Labute approximate surface area is 83.1 Å². The number of aryl methyl sites for hydroxylation is 1. The summed E-state index contributed by atoms with van der Waals surface area (Å²) in [4.78, 5) is 8.32. The number of ether oxygens (including phenoxy) is 1. The van der Waals surface area contributed by atoms with Gasteiger partial charge in [-0.05, 0) is 19.4 Å². The van der Waals surface area contributed by atoms with Crippen molar-refractivity contribution in [1.82, 2.24) is 9.97 Å². The predicted molar refractivity (Wildman–Crippen MR) is 51.8 cm³/mol. The van der Waals surface area contributed by atoms with E-state index >= 15 is 0 Å². The molecule has 0 spiro atoms. The molecular weight excluding hydrogens is 188 g/mol. The molecule has 0 fully saturated rings. The van der Waals surface area contributed by atoms with Crippen LogP contribution >= 0.6 is 11.6 Å². The molecule has 0 radical (unpaired) electrons. The minimum Gasteiger partial charge on any atom is -0.374 e. The van der Waals surface area contributed by atoms with Crippen LogP contribution in [-0.2, 0) is 17.8 Å². The summed E-state index contributed by atoms with van der Waals surface area (Å²) in [6.45, 7) is 5.07. The maximum Gasteiger partial charge on any atom is 0.155 e. The van der Waals surface area contributed by atoms with Gasteiger partial charge in [-0.3, -0.25) is 0 Å². The zero-order valence-corrected chi connectivity index (χ0v) is 8.64. The topological polar surface area (TPSA) is 35.0 Å². The zero-order valence-electron chi connectivity index (χ0n) is 7.88. The molecule has 1 aromatic heterocycles. The van der Waals surface area contributed by atoms with Crippen molar-refractivity contribution in [3.63, 3.8) is 0 Å². The first-order chi connectivity index (χ1) is 6.26. The minimum atomic E-state index is 0.435. The summed E-state index contributed by atoms with van der Waals surface area (Å²) in [7, 11) is 0. The molecule has 0 amide bonds. The molecule has 13 heavy (non-hydrogen) atoms. The fraction of sp³-hybridized carbons (Fsp3) is 0.556. The molecule has 1 rings (SSSR count). The van der Waals surface area contributed by atoms with E-state index in [0.29, 0.717) is 24.2 Å². The van der Waals surface area contributed by atoms with Crippen LogP contribution in [0.5, 0.6) is 0 Å². The lowest BCUT2D eigenvalue weighted by Gasteiger charge is -2.02. The SMILES string of the molecule is CCOCc1nc(Cl)cc(CC)n1. The lowest BCUT2D eigenvalue weighted by molar-refractivity contribution is 0.128. The second-order valence-electron chi connectivity index (χ2n) is 2.59. The third-order valence-corrected chi connectivity index (χ3v) is 1.79. The maximum absolute atomic E-state index is 5.80. The van der Waals surface area contributed by atoms with E-state index < -0.39 is 0 Å². The molecule has 1 heterocycles. The van der Waals surface area contributed by atoms with Gasteiger partial charge in [0.25, 0.3) is 0 Å². The highest BCUT2D eigenvalue weighted by atomic mass is 35.5. The number of halogens is 1. The molecular formula is C9H13ClN2O. The van der Waals surface area contributed by atoms with Gasteiger partial charge in [0, 0.05) is 12.3 Å². The van der Waals surface area contributed by atoms with Gasteiger partial charge in [-0.1, -0.05) is 18.5 Å². The smallest absolute Gasteiger partial charge is 0.155 e. The third kappa shape index (κ3) is 3.28. The zero-order chi connectivity index (χ0) is 9.68. The number of hydrogen-bond donors (Lipinski definition) is 0. The van der Waals surface area contributed by atoms with E-state index in [1.807, 2.05) is 13.8 Å². The van der Waals surface area contributed by atoms with Crippen LogP contribution in [0.2, 0.25) is 5.15 Å². The molecule has 0 aromatic carbocycles. The summed E-state index contributed by atoms with van der Waals surface area (Å²) in [5.74, 6) is 0.659. The number of hydrogen-bond acceptors (Lipinski definition) is 3. The number of rotatable bonds is 4. The van der Waals surface area contributed by atoms with E-state index in [0.717, 1.165) is 12.1 Å². The van der Waals surface area contributed by atoms with Crippen molar-refractivity contribution >= 4 is 11.6 Å². The monoisotopic (exact) mass is 200 g/mol. The summed E-state index contributed by atoms with van der Waals surface area (Å²) in [5.41, 5.74) is 0.953. The van der Waals surface area contributed by atoms with E-state index in [1.54, 1.807) is 6.07 Å². The fourth-order valence-corrected chi connectivity index (χ4v) is 1.18. The highest BCUT2D eigenvalue weighted by Crippen LogP contribution is 2.08. The highest BCUT2D eigenvalue weighted by Gasteiger charge is 2.01. The van der Waals surface area contributed by atoms with Gasteiger partial charge in [-0.2, -0.15) is 0 Å². The molecule has 3 nitrogen and oxygen atoms in total. The predicted octanol–water partition coefficient (Wildman–Crippen LogP) is 2.23. The molecule has 0 saturated heterocycles. The van der Waals surface area contributed by atoms with E-state index in [-0.39, 0.29) is 0 Å². The molecule has 0 aliphatic rings. The van der Waals surface area contributed by atoms with Crippen molar-refractivity contribution in [3.05, 3.63) is 22.7 Å². The normalized spacial score (nSPS) is 10.4. The largest absolute Gasteiger partial charge is 0.374 e. The fourth-order valence-electron chi connectivity index (χ4n) is 0.955. The Hall–Kier alpha value is -0.670. The van der Waals surface area contributed by atoms with Crippen LogP contribution in [0.25, 0.3) is 0 Å². The average molecular weight is 201 g/mol. The lowest BCUT2D eigenvalue weighted by Crippen LogP contribution is -2.01. The summed E-state index contributed by atoms with van der Waals surface area (Å²) < 4.78 is 5.19. The molecule has 72 valence electrons. The summed E-state index contributed by atoms with van der Waals surface area (Å²) >= 11 is 5.80. The average Bonchev–Trinajstić information content (AvgIpc) is 2.14. The molecule has 0 saturated carbocycles. The first-order valence-electron chi connectivity index (χ1n) is 4.36. The van der Waals surface area contributed by atoms with Crippen molar-refractivity contribution in [2.24, 2.45) is 0 Å². The van der Waals surface area contributed by atoms with Crippen LogP contribution in [0.3, 0.4) is 0 Å². The third-order valence-electron chi connectivity index (χ3n) is 1.59. The van der Waals surface area contributed by atoms with E-state index in [1.165, 1.54) is 0 Å². The van der Waals surface area contributed by atoms with Gasteiger partial charge < -0.3 is 4.74 Å². The Balaban J connectivity index is 2.76. The second kappa shape index (κ2) is 5.14. The van der Waals surface area contributed by atoms with Gasteiger partial charge in [0.1, 0.15) is 11.8 Å². The standard InChI is InChI=1S/C9H13ClN2O/c1-3-7-5-8(10)12-9(11-7)6-13-4-2/h5H,3-4,6H2,1-2H3. The summed E-state index contributed by atoms with van der Waals surface area (Å²) in [6, 6.07) is 1.77. The summed E-state index contributed by atoms with van der Waals surface area (Å²) in [6.07, 6.45) is 0.862. The van der Waals surface area contributed by atoms with Crippen LogP contribution < -0.4 is 0 Å². The highest BCUT2D eigenvalue weighted by molar-refractivity contribution is 6.29. The molecule has 0 aliphatic carbocycles. The van der Waals surface area contributed by atoms with E-state index in [2.05, 4.69) is 9.97 Å². The second-order valence-corrected chi connectivity index (χ2v) is 2.98. The molecule has 0 unspecified atom stereocenters. The molecule has 0 N–H and O–H groups in total. The molecule has 0 atom stereocenters. The van der Waals surface area contributed by atoms with Gasteiger partial charge in [0.2, 0.25) is 0 Å². The van der Waals surface area contributed by atoms with Crippen molar-refractivity contribution in [1.29, 1.82) is 0 Å². The minimum absolute atomic E-state index is 0.435. The molecule has 0 bridgehead atoms. The lowest BCUT2D eigenvalue weighted by atomic mass is 10.3. The molecule has 0 aliphatic heterocycles. The van der Waals surface area contributed by atoms with Gasteiger partial charge in [-0.25, -0.2) is 9.97 Å². The van der Waals surface area contributed by atoms with Gasteiger partial charge >= 0.3 is 0 Å². The Bertz CT molecular complexity index is 278. The van der Waals surface area contributed by atoms with Crippen LogP contribution in [0, 0.1) is 0 Å². The maximum atomic E-state index is 5.80. The van der Waals surface area contributed by atoms with Gasteiger partial charge in [0.05, 0.1) is 0 Å². The number of nitrogens with zero attached hydrogens (tertiary/aromatic N) is 2. The number of aromatic nitrogens is 2. The first kappa shape index (κ1) is 10.4. The van der Waals surface area contributed by atoms with Crippen molar-refractivity contribution in [3.8, 4) is 0 Å². The van der Waals surface area contributed by atoms with Crippen molar-refractivity contribution in [2.75, 3.05) is 6.61 Å². The van der Waals surface area contributed by atoms with Crippen LogP contribution in [-0.4, -0.2) is 16.6 Å². The van der Waals surface area contributed by atoms with Crippen molar-refractivity contribution < 1.29 is 4.74 Å². The van der Waals surface area contributed by atoms with Crippen LogP contribution in [0.1, 0.15) is 25.4 Å². The Morgan fingerprint density at radius 3 is 2.77 bits per heavy atom. The molecule has 4 heteroatoms. The first-order valence-corrected chi connectivity index (χ1v) is 4.74. The molecule has 1 aromatic rings.